The van der Waals surface area contributed by atoms with E-state index in [1.165, 1.54) is 0 Å². The summed E-state index contributed by atoms with van der Waals surface area (Å²) in [5.74, 6) is -4.80. The molecular formula is C27H17Cl2NO5. The van der Waals surface area contributed by atoms with Crippen LogP contribution in [0.3, 0.4) is 0 Å². The minimum absolute atomic E-state index is 0.185. The predicted octanol–water partition coefficient (Wildman–Crippen LogP) is 5.00. The highest BCUT2D eigenvalue weighted by Gasteiger charge is 2.74. The number of carbonyl (C=O) groups excluding carboxylic acids is 4. The molecule has 0 N–H and O–H groups in total. The van der Waals surface area contributed by atoms with E-state index in [0.717, 1.165) is 4.90 Å². The summed E-state index contributed by atoms with van der Waals surface area (Å²) in [6.07, 6.45) is -1.02. The smallest absolute Gasteiger partial charge is 0.241 e. The van der Waals surface area contributed by atoms with Gasteiger partial charge < -0.3 is 4.74 Å². The third kappa shape index (κ3) is 2.82. The number of ether oxygens (including phenoxy) is 1. The first-order valence-electron chi connectivity index (χ1n) is 11.0. The van der Waals surface area contributed by atoms with Gasteiger partial charge in [0, 0.05) is 21.2 Å². The Kier molecular flexibility index (Phi) is 4.81. The van der Waals surface area contributed by atoms with Crippen LogP contribution in [-0.2, 0) is 14.3 Å². The van der Waals surface area contributed by atoms with Crippen molar-refractivity contribution in [1.29, 1.82) is 0 Å². The van der Waals surface area contributed by atoms with Crippen molar-refractivity contribution in [2.24, 2.45) is 11.8 Å². The molecule has 3 atom stereocenters. The van der Waals surface area contributed by atoms with Gasteiger partial charge in [0.2, 0.25) is 29.0 Å². The summed E-state index contributed by atoms with van der Waals surface area (Å²) in [5.41, 5.74) is -0.238. The summed E-state index contributed by atoms with van der Waals surface area (Å²) in [7, 11) is 0. The van der Waals surface area contributed by atoms with E-state index < -0.39 is 46.9 Å². The lowest BCUT2D eigenvalue weighted by Crippen LogP contribution is -2.51. The van der Waals surface area contributed by atoms with Crippen molar-refractivity contribution in [1.82, 2.24) is 0 Å². The molecule has 3 aliphatic rings. The molecule has 1 aliphatic carbocycles. The van der Waals surface area contributed by atoms with Crippen LogP contribution in [0.2, 0.25) is 10.0 Å². The molecule has 8 heteroatoms. The molecular weight excluding hydrogens is 489 g/mol. The largest absolute Gasteiger partial charge is 0.349 e. The van der Waals surface area contributed by atoms with Gasteiger partial charge in [0.05, 0.1) is 23.6 Å². The first-order valence-corrected chi connectivity index (χ1v) is 11.8. The summed E-state index contributed by atoms with van der Waals surface area (Å²) in [6, 6.07) is 17.8. The average Bonchev–Trinajstić information content (AvgIpc) is 3.42. The van der Waals surface area contributed by atoms with Crippen LogP contribution < -0.4 is 4.90 Å². The van der Waals surface area contributed by atoms with Gasteiger partial charge in [-0.15, -0.1) is 0 Å². The predicted molar refractivity (Wildman–Crippen MR) is 129 cm³/mol. The van der Waals surface area contributed by atoms with Crippen molar-refractivity contribution in [2.75, 3.05) is 4.90 Å². The SMILES string of the molecule is Cc1c(Cl)cccc1[C@@H]1OC2(C(=O)c3ccccc3C2=O)[C@H]2C(=O)N(c3ccc(Cl)cc3)C(=O)[C@H]12. The second-order valence-corrected chi connectivity index (χ2v) is 9.77. The van der Waals surface area contributed by atoms with Crippen LogP contribution in [0.25, 0.3) is 0 Å². The number of carbonyl (C=O) groups is 4. The lowest BCUT2D eigenvalue weighted by atomic mass is 9.77. The van der Waals surface area contributed by atoms with Crippen molar-refractivity contribution in [3.8, 4) is 0 Å². The zero-order valence-electron chi connectivity index (χ0n) is 18.3. The molecule has 0 radical (unpaired) electrons. The zero-order valence-corrected chi connectivity index (χ0v) is 19.8. The van der Waals surface area contributed by atoms with E-state index in [4.69, 9.17) is 27.9 Å². The number of amides is 2. The number of hydrogen-bond donors (Lipinski definition) is 0. The number of rotatable bonds is 2. The number of ketones is 2. The highest BCUT2D eigenvalue weighted by molar-refractivity contribution is 6.37. The Morgan fingerprint density at radius 2 is 1.43 bits per heavy atom. The summed E-state index contributed by atoms with van der Waals surface area (Å²) in [5, 5.41) is 0.888. The Hall–Kier alpha value is -3.32. The maximum Gasteiger partial charge on any atom is 0.241 e. The fourth-order valence-electron chi connectivity index (χ4n) is 5.58. The average molecular weight is 506 g/mol. The van der Waals surface area contributed by atoms with Gasteiger partial charge in [0.1, 0.15) is 0 Å². The quantitative estimate of drug-likeness (QED) is 0.361. The van der Waals surface area contributed by atoms with Crippen LogP contribution in [-0.4, -0.2) is 29.0 Å². The fourth-order valence-corrected chi connectivity index (χ4v) is 5.88. The fraction of sp³-hybridized carbons (Fsp3) is 0.185. The zero-order chi connectivity index (χ0) is 24.6. The van der Waals surface area contributed by atoms with Crippen molar-refractivity contribution < 1.29 is 23.9 Å². The first kappa shape index (κ1) is 22.2. The number of hydrogen-bond acceptors (Lipinski definition) is 5. The van der Waals surface area contributed by atoms with Gasteiger partial charge in [-0.1, -0.05) is 59.6 Å². The summed E-state index contributed by atoms with van der Waals surface area (Å²) >= 11 is 12.4. The molecule has 2 fully saturated rings. The standard InChI is InChI=1S/C27H17Cl2NO5/c1-13-16(7-4-8-19(13)29)22-20-21(26(34)30(25(20)33)15-11-9-14(28)10-12-15)27(35-22)23(31)17-5-2-3-6-18(17)24(27)32/h2-12,20-22H,1H3/t20-,21+,22-/m0/s1. The Morgan fingerprint density at radius 3 is 2.06 bits per heavy atom. The lowest BCUT2D eigenvalue weighted by molar-refractivity contribution is -0.127. The summed E-state index contributed by atoms with van der Waals surface area (Å²) < 4.78 is 6.30. The monoisotopic (exact) mass is 505 g/mol. The molecule has 3 aromatic carbocycles. The van der Waals surface area contributed by atoms with Gasteiger partial charge in [0.15, 0.2) is 0 Å². The molecule has 2 aliphatic heterocycles. The number of fused-ring (bicyclic) bond motifs is 3. The van der Waals surface area contributed by atoms with E-state index in [9.17, 15) is 19.2 Å². The molecule has 6 nitrogen and oxygen atoms in total. The molecule has 6 rings (SSSR count). The molecule has 0 unspecified atom stereocenters. The van der Waals surface area contributed by atoms with Crippen molar-refractivity contribution in [3.63, 3.8) is 0 Å². The Balaban J connectivity index is 1.57. The van der Waals surface area contributed by atoms with Crippen molar-refractivity contribution >= 4 is 52.3 Å². The van der Waals surface area contributed by atoms with Gasteiger partial charge in [-0.3, -0.25) is 19.2 Å². The van der Waals surface area contributed by atoms with Gasteiger partial charge in [-0.2, -0.15) is 0 Å². The van der Waals surface area contributed by atoms with Gasteiger partial charge in [-0.25, -0.2) is 4.90 Å². The number of nitrogens with zero attached hydrogens (tertiary/aromatic N) is 1. The molecule has 3 aromatic rings. The van der Waals surface area contributed by atoms with Gasteiger partial charge >= 0.3 is 0 Å². The van der Waals surface area contributed by atoms with E-state index in [-0.39, 0.29) is 11.1 Å². The molecule has 35 heavy (non-hydrogen) atoms. The van der Waals surface area contributed by atoms with Crippen LogP contribution in [0.1, 0.15) is 37.9 Å². The molecule has 174 valence electrons. The minimum Gasteiger partial charge on any atom is -0.349 e. The topological polar surface area (TPSA) is 80.8 Å². The Morgan fingerprint density at radius 1 is 0.800 bits per heavy atom. The lowest BCUT2D eigenvalue weighted by Gasteiger charge is -2.27. The molecule has 1 spiro atoms. The second kappa shape index (κ2) is 7.59. The second-order valence-electron chi connectivity index (χ2n) is 8.92. The van der Waals surface area contributed by atoms with Crippen molar-refractivity contribution in [2.45, 2.75) is 18.6 Å². The normalized spacial score (nSPS) is 24.4. The summed E-state index contributed by atoms with van der Waals surface area (Å²) in [6.45, 7) is 1.77. The number of imide groups is 1. The minimum atomic E-state index is -2.12. The van der Waals surface area contributed by atoms with Crippen LogP contribution in [0.15, 0.2) is 66.7 Å². The molecule has 2 heterocycles. The third-order valence-corrected chi connectivity index (χ3v) is 7.88. The third-order valence-electron chi connectivity index (χ3n) is 7.22. The van der Waals surface area contributed by atoms with E-state index in [1.807, 2.05) is 0 Å². The molecule has 2 amide bonds. The molecule has 0 bridgehead atoms. The Bertz CT molecular complexity index is 1430. The molecule has 0 aromatic heterocycles. The molecule has 2 saturated heterocycles. The highest BCUT2D eigenvalue weighted by Crippen LogP contribution is 2.58. The van der Waals surface area contributed by atoms with E-state index in [2.05, 4.69) is 0 Å². The van der Waals surface area contributed by atoms with Crippen LogP contribution in [0.4, 0.5) is 5.69 Å². The Labute approximate surface area is 210 Å². The van der Waals surface area contributed by atoms with Crippen LogP contribution in [0.5, 0.6) is 0 Å². The van der Waals surface area contributed by atoms with E-state index in [1.54, 1.807) is 73.7 Å². The van der Waals surface area contributed by atoms with Crippen LogP contribution >= 0.6 is 23.2 Å². The number of Topliss-reactive ketones (excluding diaryl/α,β-unsaturated/α-hetero) is 2. The molecule has 0 saturated carbocycles. The highest BCUT2D eigenvalue weighted by atomic mass is 35.5. The van der Waals surface area contributed by atoms with E-state index in [0.29, 0.717) is 26.9 Å². The van der Waals surface area contributed by atoms with Crippen molar-refractivity contribution in [3.05, 3.63) is 99.0 Å². The van der Waals surface area contributed by atoms with Gasteiger partial charge in [0.25, 0.3) is 0 Å². The maximum absolute atomic E-state index is 13.9. The number of benzene rings is 3. The number of anilines is 1. The number of halogens is 2. The van der Waals surface area contributed by atoms with E-state index >= 15 is 0 Å². The van der Waals surface area contributed by atoms with Crippen LogP contribution in [0, 0.1) is 18.8 Å². The first-order chi connectivity index (χ1) is 16.8. The maximum atomic E-state index is 13.9. The summed E-state index contributed by atoms with van der Waals surface area (Å²) in [4.78, 5) is 56.3. The van der Waals surface area contributed by atoms with Gasteiger partial charge in [-0.05, 0) is 48.4 Å².